The number of pyridine rings is 1. The minimum atomic E-state index is -0.422. The average molecular weight is 366 g/mol. The van der Waals surface area contributed by atoms with Gasteiger partial charge in [0.15, 0.2) is 0 Å². The van der Waals surface area contributed by atoms with Crippen LogP contribution in [-0.2, 0) is 13.0 Å². The predicted molar refractivity (Wildman–Crippen MR) is 103 cm³/mol. The number of amides is 1. The molecule has 1 aliphatic heterocycles. The highest BCUT2D eigenvalue weighted by molar-refractivity contribution is 5.98. The molecule has 0 unspecified atom stereocenters. The first-order valence-electron chi connectivity index (χ1n) is 9.68. The highest BCUT2D eigenvalue weighted by atomic mass is 16.5. The number of carbonyl (C=O) groups is 1. The van der Waals surface area contributed by atoms with Gasteiger partial charge in [-0.15, -0.1) is 0 Å². The topological polar surface area (TPSA) is 62.7 Å². The molecule has 0 bridgehead atoms. The summed E-state index contributed by atoms with van der Waals surface area (Å²) in [7, 11) is 1.66. The Labute approximate surface area is 160 Å². The number of aryl methyl sites for hydroxylation is 1. The smallest absolute Gasteiger partial charge is 0.256 e. The van der Waals surface area contributed by atoms with E-state index in [9.17, 15) is 9.90 Å². The number of nitrogens with zero attached hydrogens (tertiary/aromatic N) is 2. The standard InChI is InChI=1S/C22H26N2O3/c1-14-16(10-15-6-5-7-17(11-15)27-2)12-18-19(23-14)13-24(22(18)26)20-8-3-4-9-21(20)25/h5-7,11-12,20-21,25H,3-4,8-10,13H2,1-2H3/t20-,21-/m0/s1. The van der Waals surface area contributed by atoms with E-state index in [4.69, 9.17) is 9.72 Å². The van der Waals surface area contributed by atoms with Crippen molar-refractivity contribution in [3.63, 3.8) is 0 Å². The van der Waals surface area contributed by atoms with E-state index in [0.717, 1.165) is 53.9 Å². The Morgan fingerprint density at radius 2 is 2.07 bits per heavy atom. The fourth-order valence-corrected chi connectivity index (χ4v) is 4.29. The molecule has 2 heterocycles. The SMILES string of the molecule is COc1cccc(Cc2cc3c(nc2C)CN([C@H]2CCCC[C@@H]2O)C3=O)c1. The second kappa shape index (κ2) is 7.31. The van der Waals surface area contributed by atoms with E-state index in [0.29, 0.717) is 18.5 Å². The van der Waals surface area contributed by atoms with Crippen LogP contribution in [0.2, 0.25) is 0 Å². The summed E-state index contributed by atoms with van der Waals surface area (Å²) in [6.45, 7) is 2.51. The van der Waals surface area contributed by atoms with E-state index in [1.54, 1.807) is 7.11 Å². The van der Waals surface area contributed by atoms with E-state index < -0.39 is 6.10 Å². The van der Waals surface area contributed by atoms with Crippen LogP contribution in [0.25, 0.3) is 0 Å². The van der Waals surface area contributed by atoms with Gasteiger partial charge in [0.1, 0.15) is 5.75 Å². The number of hydrogen-bond donors (Lipinski definition) is 1. The van der Waals surface area contributed by atoms with Crippen LogP contribution in [0, 0.1) is 6.92 Å². The van der Waals surface area contributed by atoms with Gasteiger partial charge in [0.05, 0.1) is 37.1 Å². The molecule has 1 aromatic heterocycles. The van der Waals surface area contributed by atoms with Crippen molar-refractivity contribution in [3.05, 3.63) is 58.4 Å². The first-order valence-corrected chi connectivity index (χ1v) is 9.68. The summed E-state index contributed by atoms with van der Waals surface area (Å²) in [5.41, 5.74) is 4.67. The van der Waals surface area contributed by atoms with Crippen molar-refractivity contribution < 1.29 is 14.6 Å². The molecule has 1 N–H and O–H groups in total. The molecule has 1 aliphatic carbocycles. The molecule has 2 aromatic rings. The summed E-state index contributed by atoms with van der Waals surface area (Å²) >= 11 is 0. The lowest BCUT2D eigenvalue weighted by molar-refractivity contribution is 0.0189. The molecule has 0 spiro atoms. The summed E-state index contributed by atoms with van der Waals surface area (Å²) in [5, 5.41) is 10.4. The van der Waals surface area contributed by atoms with E-state index in [2.05, 4.69) is 6.07 Å². The van der Waals surface area contributed by atoms with Gasteiger partial charge in [-0.1, -0.05) is 25.0 Å². The van der Waals surface area contributed by atoms with Crippen molar-refractivity contribution in [3.8, 4) is 5.75 Å². The second-order valence-corrected chi connectivity index (χ2v) is 7.61. The maximum atomic E-state index is 13.0. The average Bonchev–Trinajstić information content (AvgIpc) is 2.98. The maximum absolute atomic E-state index is 13.0. The predicted octanol–water partition coefficient (Wildman–Crippen LogP) is 3.25. The molecule has 0 saturated heterocycles. The summed E-state index contributed by atoms with van der Waals surface area (Å²) in [6, 6.07) is 9.88. The number of hydrogen-bond acceptors (Lipinski definition) is 4. The van der Waals surface area contributed by atoms with Gasteiger partial charge in [0.2, 0.25) is 0 Å². The molecular weight excluding hydrogens is 340 g/mol. The van der Waals surface area contributed by atoms with Gasteiger partial charge < -0.3 is 14.7 Å². The van der Waals surface area contributed by atoms with Crippen molar-refractivity contribution in [2.45, 2.75) is 57.7 Å². The van der Waals surface area contributed by atoms with Crippen molar-refractivity contribution in [2.24, 2.45) is 0 Å². The van der Waals surface area contributed by atoms with Crippen LogP contribution < -0.4 is 4.74 Å². The molecule has 2 aliphatic rings. The molecule has 0 radical (unpaired) electrons. The molecule has 5 heteroatoms. The van der Waals surface area contributed by atoms with Crippen molar-refractivity contribution in [2.75, 3.05) is 7.11 Å². The number of fused-ring (bicyclic) bond motifs is 1. The van der Waals surface area contributed by atoms with Crippen LogP contribution >= 0.6 is 0 Å². The zero-order chi connectivity index (χ0) is 19.0. The van der Waals surface area contributed by atoms with Gasteiger partial charge >= 0.3 is 0 Å². The van der Waals surface area contributed by atoms with E-state index in [-0.39, 0.29) is 11.9 Å². The van der Waals surface area contributed by atoms with Crippen LogP contribution in [0.5, 0.6) is 5.75 Å². The van der Waals surface area contributed by atoms with Crippen molar-refractivity contribution in [1.82, 2.24) is 9.88 Å². The van der Waals surface area contributed by atoms with Gasteiger partial charge in [-0.2, -0.15) is 0 Å². The van der Waals surface area contributed by atoms with Crippen LogP contribution in [-0.4, -0.2) is 40.2 Å². The molecule has 5 nitrogen and oxygen atoms in total. The maximum Gasteiger partial charge on any atom is 0.256 e. The van der Waals surface area contributed by atoms with Crippen LogP contribution in [0.1, 0.15) is 58.6 Å². The molecule has 1 saturated carbocycles. The highest BCUT2D eigenvalue weighted by Gasteiger charge is 2.38. The van der Waals surface area contributed by atoms with Crippen molar-refractivity contribution >= 4 is 5.91 Å². The number of methoxy groups -OCH3 is 1. The van der Waals surface area contributed by atoms with Gasteiger partial charge in [0.25, 0.3) is 5.91 Å². The van der Waals surface area contributed by atoms with Crippen molar-refractivity contribution in [1.29, 1.82) is 0 Å². The first-order chi connectivity index (χ1) is 13.1. The van der Waals surface area contributed by atoms with Crippen LogP contribution in [0.3, 0.4) is 0 Å². The Bertz CT molecular complexity index is 865. The fourth-order valence-electron chi connectivity index (χ4n) is 4.29. The minimum absolute atomic E-state index is 0.00958. The summed E-state index contributed by atoms with van der Waals surface area (Å²) in [5.74, 6) is 0.836. The number of aliphatic hydroxyl groups excluding tert-OH is 1. The number of rotatable bonds is 4. The normalized spacial score (nSPS) is 22.0. The Hall–Kier alpha value is -2.40. The van der Waals surface area contributed by atoms with Crippen LogP contribution in [0.4, 0.5) is 0 Å². The quantitative estimate of drug-likeness (QED) is 0.902. The third-order valence-electron chi connectivity index (χ3n) is 5.83. The van der Waals surface area contributed by atoms with Gasteiger partial charge in [-0.3, -0.25) is 9.78 Å². The number of benzene rings is 1. The third kappa shape index (κ3) is 3.44. The van der Waals surface area contributed by atoms with E-state index >= 15 is 0 Å². The van der Waals surface area contributed by atoms with Gasteiger partial charge in [-0.05, 0) is 55.5 Å². The molecular formula is C22H26N2O3. The van der Waals surface area contributed by atoms with Gasteiger partial charge in [0, 0.05) is 5.69 Å². The number of ether oxygens (including phenoxy) is 1. The third-order valence-corrected chi connectivity index (χ3v) is 5.83. The van der Waals surface area contributed by atoms with Gasteiger partial charge in [-0.25, -0.2) is 0 Å². The summed E-state index contributed by atoms with van der Waals surface area (Å²) in [6.07, 6.45) is 4.04. The molecule has 2 atom stereocenters. The lowest BCUT2D eigenvalue weighted by Gasteiger charge is -2.34. The largest absolute Gasteiger partial charge is 0.497 e. The number of aromatic nitrogens is 1. The van der Waals surface area contributed by atoms with Crippen LogP contribution in [0.15, 0.2) is 30.3 Å². The monoisotopic (exact) mass is 366 g/mol. The molecule has 1 aromatic carbocycles. The first kappa shape index (κ1) is 18.0. The Balaban J connectivity index is 1.59. The number of aliphatic hydroxyl groups is 1. The van der Waals surface area contributed by atoms with E-state index in [1.165, 1.54) is 0 Å². The minimum Gasteiger partial charge on any atom is -0.497 e. The second-order valence-electron chi connectivity index (χ2n) is 7.61. The summed E-state index contributed by atoms with van der Waals surface area (Å²) in [4.78, 5) is 19.6. The Morgan fingerprint density at radius 1 is 1.26 bits per heavy atom. The molecule has 27 heavy (non-hydrogen) atoms. The molecule has 4 rings (SSSR count). The zero-order valence-electron chi connectivity index (χ0n) is 15.9. The Kier molecular flexibility index (Phi) is 4.87. The number of carbonyl (C=O) groups excluding carboxylic acids is 1. The lowest BCUT2D eigenvalue weighted by atomic mass is 9.91. The van der Waals surface area contributed by atoms with E-state index in [1.807, 2.05) is 36.1 Å². The lowest BCUT2D eigenvalue weighted by Crippen LogP contribution is -2.45. The summed E-state index contributed by atoms with van der Waals surface area (Å²) < 4.78 is 5.31. The highest BCUT2D eigenvalue weighted by Crippen LogP contribution is 2.32. The molecule has 142 valence electrons. The zero-order valence-corrected chi connectivity index (χ0v) is 15.9. The Morgan fingerprint density at radius 3 is 2.85 bits per heavy atom. The fraction of sp³-hybridized carbons (Fsp3) is 0.455. The molecule has 1 amide bonds. The molecule has 1 fully saturated rings.